The molecule has 2 heterocycles. The Kier molecular flexibility index (Phi) is 4.78. The smallest absolute Gasteiger partial charge is 0.269 e. The molecule has 0 aliphatic carbocycles. The number of hydrogen-bond donors (Lipinski definition) is 0. The third kappa shape index (κ3) is 4.00. The highest BCUT2D eigenvalue weighted by Crippen LogP contribution is 2.25. The van der Waals surface area contributed by atoms with Crippen LogP contribution in [0, 0.1) is 10.1 Å². The van der Waals surface area contributed by atoms with Crippen LogP contribution in [0.2, 0.25) is 5.15 Å². The standard InChI is InChI=1S/C15H13ClN4O2S/c16-14-6-1-11(9-17-14)10-19-7-8-23-15(19)18-12-2-4-13(5-3-12)20(21)22/h1-6,9H,7-8,10H2. The summed E-state index contributed by atoms with van der Waals surface area (Å²) in [6.45, 7) is 1.61. The SMILES string of the molecule is O=[N+]([O-])c1ccc(N=C2SCCN2Cc2ccc(Cl)nc2)cc1. The molecule has 1 aromatic heterocycles. The third-order valence-corrected chi connectivity index (χ3v) is 4.53. The second kappa shape index (κ2) is 6.97. The molecule has 1 saturated heterocycles. The van der Waals surface area contributed by atoms with Crippen LogP contribution < -0.4 is 0 Å². The first-order valence-electron chi connectivity index (χ1n) is 6.93. The van der Waals surface area contributed by atoms with Gasteiger partial charge in [0.2, 0.25) is 0 Å². The number of nitro groups is 1. The first-order chi connectivity index (χ1) is 11.1. The van der Waals surface area contributed by atoms with Crippen LogP contribution in [0.15, 0.2) is 47.6 Å². The van der Waals surface area contributed by atoms with Crippen molar-refractivity contribution in [3.05, 3.63) is 63.4 Å². The largest absolute Gasteiger partial charge is 0.346 e. The van der Waals surface area contributed by atoms with Gasteiger partial charge in [0.1, 0.15) is 5.15 Å². The lowest BCUT2D eigenvalue weighted by Gasteiger charge is -2.17. The van der Waals surface area contributed by atoms with Gasteiger partial charge in [-0.05, 0) is 23.8 Å². The van der Waals surface area contributed by atoms with E-state index in [0.717, 1.165) is 23.0 Å². The zero-order valence-electron chi connectivity index (χ0n) is 12.1. The highest BCUT2D eigenvalue weighted by Gasteiger charge is 2.20. The number of amidine groups is 1. The molecule has 118 valence electrons. The van der Waals surface area contributed by atoms with Crippen molar-refractivity contribution in [2.75, 3.05) is 12.3 Å². The Labute approximate surface area is 142 Å². The molecule has 0 amide bonds. The predicted octanol–water partition coefficient (Wildman–Crippen LogP) is 3.88. The maximum Gasteiger partial charge on any atom is 0.269 e. The molecule has 0 unspecified atom stereocenters. The zero-order valence-corrected chi connectivity index (χ0v) is 13.6. The number of nitro benzene ring substituents is 1. The maximum absolute atomic E-state index is 10.7. The van der Waals surface area contributed by atoms with Crippen molar-refractivity contribution in [3.63, 3.8) is 0 Å². The van der Waals surface area contributed by atoms with E-state index in [1.165, 1.54) is 12.1 Å². The van der Waals surface area contributed by atoms with Crippen LogP contribution in [0.25, 0.3) is 0 Å². The average Bonchev–Trinajstić information content (AvgIpc) is 2.97. The number of thioether (sulfide) groups is 1. The summed E-state index contributed by atoms with van der Waals surface area (Å²) in [5.41, 5.74) is 1.84. The molecule has 6 nitrogen and oxygen atoms in total. The van der Waals surface area contributed by atoms with Crippen LogP contribution in [-0.2, 0) is 6.54 Å². The summed E-state index contributed by atoms with van der Waals surface area (Å²) < 4.78 is 0. The average molecular weight is 349 g/mol. The minimum atomic E-state index is -0.416. The molecule has 1 fully saturated rings. The summed E-state index contributed by atoms with van der Waals surface area (Å²) >= 11 is 7.47. The number of halogens is 1. The number of aliphatic imine (C=N–C) groups is 1. The molecule has 0 atom stereocenters. The van der Waals surface area contributed by atoms with Gasteiger partial charge in [0.25, 0.3) is 5.69 Å². The van der Waals surface area contributed by atoms with E-state index in [1.807, 2.05) is 6.07 Å². The monoisotopic (exact) mass is 348 g/mol. The molecule has 0 saturated carbocycles. The van der Waals surface area contributed by atoms with E-state index in [0.29, 0.717) is 17.4 Å². The molecule has 8 heteroatoms. The quantitative estimate of drug-likeness (QED) is 0.476. The first-order valence-corrected chi connectivity index (χ1v) is 8.29. The van der Waals surface area contributed by atoms with Crippen LogP contribution in [0.5, 0.6) is 0 Å². The van der Waals surface area contributed by atoms with Crippen LogP contribution in [0.4, 0.5) is 11.4 Å². The number of rotatable bonds is 4. The van der Waals surface area contributed by atoms with Crippen molar-refractivity contribution in [3.8, 4) is 0 Å². The summed E-state index contributed by atoms with van der Waals surface area (Å²) in [7, 11) is 0. The Morgan fingerprint density at radius 2 is 2.09 bits per heavy atom. The van der Waals surface area contributed by atoms with Gasteiger partial charge >= 0.3 is 0 Å². The molecular weight excluding hydrogens is 336 g/mol. The predicted molar refractivity (Wildman–Crippen MR) is 92.3 cm³/mol. The van der Waals surface area contributed by atoms with Crippen molar-refractivity contribution in [1.82, 2.24) is 9.88 Å². The van der Waals surface area contributed by atoms with Crippen LogP contribution >= 0.6 is 23.4 Å². The van der Waals surface area contributed by atoms with Gasteiger partial charge in [-0.3, -0.25) is 10.1 Å². The number of pyridine rings is 1. The first kappa shape index (κ1) is 15.8. The second-order valence-electron chi connectivity index (χ2n) is 4.93. The zero-order chi connectivity index (χ0) is 16.2. The lowest BCUT2D eigenvalue weighted by atomic mass is 10.2. The van der Waals surface area contributed by atoms with Gasteiger partial charge in [-0.15, -0.1) is 0 Å². The van der Waals surface area contributed by atoms with E-state index in [9.17, 15) is 10.1 Å². The van der Waals surface area contributed by atoms with Crippen LogP contribution in [0.3, 0.4) is 0 Å². The highest BCUT2D eigenvalue weighted by molar-refractivity contribution is 8.14. The molecule has 1 aliphatic rings. The molecule has 0 spiro atoms. The Morgan fingerprint density at radius 1 is 1.30 bits per heavy atom. The second-order valence-corrected chi connectivity index (χ2v) is 6.38. The van der Waals surface area contributed by atoms with Crippen molar-refractivity contribution < 1.29 is 4.92 Å². The van der Waals surface area contributed by atoms with Gasteiger partial charge in [0.05, 0.1) is 10.6 Å². The molecule has 0 N–H and O–H groups in total. The van der Waals surface area contributed by atoms with Gasteiger partial charge in [0.15, 0.2) is 5.17 Å². The lowest BCUT2D eigenvalue weighted by molar-refractivity contribution is -0.384. The fourth-order valence-corrected chi connectivity index (χ4v) is 3.28. The van der Waals surface area contributed by atoms with E-state index < -0.39 is 4.92 Å². The van der Waals surface area contributed by atoms with Crippen molar-refractivity contribution in [2.24, 2.45) is 4.99 Å². The molecule has 0 bridgehead atoms. The fraction of sp³-hybridized carbons (Fsp3) is 0.200. The molecule has 1 aromatic carbocycles. The molecule has 0 radical (unpaired) electrons. The van der Waals surface area contributed by atoms with Gasteiger partial charge < -0.3 is 4.90 Å². The molecule has 3 rings (SSSR count). The highest BCUT2D eigenvalue weighted by atomic mass is 35.5. The molecule has 23 heavy (non-hydrogen) atoms. The Bertz CT molecular complexity index is 734. The summed E-state index contributed by atoms with van der Waals surface area (Å²) in [6.07, 6.45) is 1.76. The number of nitrogens with zero attached hydrogens (tertiary/aromatic N) is 4. The van der Waals surface area contributed by atoms with Crippen LogP contribution in [0.1, 0.15) is 5.56 Å². The van der Waals surface area contributed by atoms with E-state index >= 15 is 0 Å². The summed E-state index contributed by atoms with van der Waals surface area (Å²) in [6, 6.07) is 9.96. The summed E-state index contributed by atoms with van der Waals surface area (Å²) in [4.78, 5) is 21.1. The number of hydrogen-bond acceptors (Lipinski definition) is 5. The van der Waals surface area contributed by atoms with E-state index in [1.54, 1.807) is 36.2 Å². The van der Waals surface area contributed by atoms with Crippen molar-refractivity contribution >= 4 is 39.9 Å². The fourth-order valence-electron chi connectivity index (χ4n) is 2.16. The number of aromatic nitrogens is 1. The summed E-state index contributed by atoms with van der Waals surface area (Å²) in [5.74, 6) is 0.965. The van der Waals surface area contributed by atoms with Gasteiger partial charge in [-0.2, -0.15) is 0 Å². The van der Waals surface area contributed by atoms with E-state index in [4.69, 9.17) is 11.6 Å². The van der Waals surface area contributed by atoms with Gasteiger partial charge in [-0.25, -0.2) is 9.98 Å². The Balaban J connectivity index is 1.75. The van der Waals surface area contributed by atoms with Crippen molar-refractivity contribution in [1.29, 1.82) is 0 Å². The Hall–Kier alpha value is -2.12. The number of non-ortho nitro benzene ring substituents is 1. The molecule has 2 aromatic rings. The normalized spacial score (nSPS) is 16.0. The molecule has 1 aliphatic heterocycles. The minimum Gasteiger partial charge on any atom is -0.346 e. The van der Waals surface area contributed by atoms with E-state index in [2.05, 4.69) is 14.9 Å². The van der Waals surface area contributed by atoms with Crippen LogP contribution in [-0.4, -0.2) is 32.3 Å². The van der Waals surface area contributed by atoms with Gasteiger partial charge in [0, 0.05) is 37.2 Å². The number of benzene rings is 1. The molecular formula is C15H13ClN4O2S. The van der Waals surface area contributed by atoms with Gasteiger partial charge in [-0.1, -0.05) is 29.4 Å². The minimum absolute atomic E-state index is 0.0668. The van der Waals surface area contributed by atoms with E-state index in [-0.39, 0.29) is 5.69 Å². The third-order valence-electron chi connectivity index (χ3n) is 3.31. The summed E-state index contributed by atoms with van der Waals surface area (Å²) in [5, 5.41) is 12.1. The lowest BCUT2D eigenvalue weighted by Crippen LogP contribution is -2.23. The van der Waals surface area contributed by atoms with Crippen molar-refractivity contribution in [2.45, 2.75) is 6.54 Å². The Morgan fingerprint density at radius 3 is 2.74 bits per heavy atom. The maximum atomic E-state index is 10.7. The topological polar surface area (TPSA) is 71.6 Å².